The molecule has 1 aromatic rings. The zero-order chi connectivity index (χ0) is 13.8. The van der Waals surface area contributed by atoms with Crippen LogP contribution in [0.3, 0.4) is 0 Å². The Balaban J connectivity index is 2.18. The summed E-state index contributed by atoms with van der Waals surface area (Å²) in [7, 11) is 2.83. The number of methoxy groups -OCH3 is 2. The van der Waals surface area contributed by atoms with E-state index in [1.54, 1.807) is 0 Å². The third-order valence-corrected chi connectivity index (χ3v) is 3.11. The second-order valence-corrected chi connectivity index (χ2v) is 4.33. The van der Waals surface area contributed by atoms with Gasteiger partial charge in [-0.3, -0.25) is 4.79 Å². The van der Waals surface area contributed by atoms with E-state index in [0.717, 1.165) is 19.4 Å². The van der Waals surface area contributed by atoms with Crippen molar-refractivity contribution in [2.75, 3.05) is 26.1 Å². The van der Waals surface area contributed by atoms with Crippen molar-refractivity contribution >= 4 is 11.6 Å². The van der Waals surface area contributed by atoms with Gasteiger partial charge in [0.25, 0.3) is 0 Å². The van der Waals surface area contributed by atoms with Crippen LogP contribution >= 0.6 is 0 Å². The molecule has 1 aliphatic rings. The molecule has 1 atom stereocenters. The van der Waals surface area contributed by atoms with Crippen molar-refractivity contribution in [3.05, 3.63) is 17.9 Å². The summed E-state index contributed by atoms with van der Waals surface area (Å²) in [5.41, 5.74) is 0.305. The second kappa shape index (κ2) is 5.88. The first-order valence-electron chi connectivity index (χ1n) is 6.11. The number of carbonyl (C=O) groups is 1. The van der Waals surface area contributed by atoms with Gasteiger partial charge in [0.1, 0.15) is 5.75 Å². The predicted octanol–water partition coefficient (Wildman–Crippen LogP) is 1.53. The summed E-state index contributed by atoms with van der Waals surface area (Å²) in [6.07, 6.45) is 1.75. The van der Waals surface area contributed by atoms with Crippen LogP contribution in [0.4, 0.5) is 10.1 Å². The molecule has 0 aliphatic carbocycles. The molecule has 1 unspecified atom stereocenters. The average molecular weight is 268 g/mol. The summed E-state index contributed by atoms with van der Waals surface area (Å²) in [5, 5.41) is 5.75. The van der Waals surface area contributed by atoms with Crippen molar-refractivity contribution in [1.82, 2.24) is 5.32 Å². The van der Waals surface area contributed by atoms with E-state index in [1.807, 2.05) is 0 Å². The lowest BCUT2D eigenvalue weighted by molar-refractivity contribution is -0.117. The number of hydrogen-bond donors (Lipinski definition) is 2. The number of hydrogen-bond acceptors (Lipinski definition) is 4. The van der Waals surface area contributed by atoms with Crippen LogP contribution in [0, 0.1) is 5.82 Å². The molecule has 0 saturated carbocycles. The lowest BCUT2D eigenvalue weighted by Crippen LogP contribution is -2.35. The fourth-order valence-corrected chi connectivity index (χ4v) is 2.09. The molecule has 2 rings (SSSR count). The summed E-state index contributed by atoms with van der Waals surface area (Å²) >= 11 is 0. The van der Waals surface area contributed by atoms with Gasteiger partial charge in [-0.05, 0) is 19.4 Å². The van der Waals surface area contributed by atoms with E-state index in [1.165, 1.54) is 26.4 Å². The highest BCUT2D eigenvalue weighted by atomic mass is 19.1. The zero-order valence-corrected chi connectivity index (χ0v) is 11.0. The molecule has 1 aliphatic heterocycles. The monoisotopic (exact) mass is 268 g/mol. The first kappa shape index (κ1) is 13.6. The summed E-state index contributed by atoms with van der Waals surface area (Å²) < 4.78 is 23.6. The lowest BCUT2D eigenvalue weighted by Gasteiger charge is -2.15. The van der Waals surface area contributed by atoms with Gasteiger partial charge in [-0.1, -0.05) is 0 Å². The van der Waals surface area contributed by atoms with Crippen LogP contribution in [0.15, 0.2) is 12.1 Å². The van der Waals surface area contributed by atoms with Gasteiger partial charge in [0.15, 0.2) is 11.6 Å². The van der Waals surface area contributed by atoms with Gasteiger partial charge in [0.05, 0.1) is 25.9 Å². The van der Waals surface area contributed by atoms with Crippen LogP contribution in [0.5, 0.6) is 11.5 Å². The number of carbonyl (C=O) groups excluding carboxylic acids is 1. The Kier molecular flexibility index (Phi) is 4.21. The largest absolute Gasteiger partial charge is 0.494 e. The van der Waals surface area contributed by atoms with Crippen molar-refractivity contribution in [2.45, 2.75) is 18.9 Å². The fraction of sp³-hybridized carbons (Fsp3) is 0.462. The normalized spacial score (nSPS) is 18.2. The molecule has 1 fully saturated rings. The molecule has 1 heterocycles. The maximum absolute atomic E-state index is 13.6. The Morgan fingerprint density at radius 1 is 1.37 bits per heavy atom. The van der Waals surface area contributed by atoms with E-state index in [0.29, 0.717) is 11.4 Å². The minimum absolute atomic E-state index is 0.0776. The van der Waals surface area contributed by atoms with Crippen LogP contribution in [0.2, 0.25) is 0 Å². The molecule has 1 amide bonds. The fourth-order valence-electron chi connectivity index (χ4n) is 2.09. The molecule has 0 radical (unpaired) electrons. The first-order valence-corrected chi connectivity index (χ1v) is 6.11. The molecule has 0 bridgehead atoms. The molecule has 5 nitrogen and oxygen atoms in total. The zero-order valence-electron chi connectivity index (χ0n) is 11.0. The minimum atomic E-state index is -0.544. The van der Waals surface area contributed by atoms with E-state index >= 15 is 0 Å². The number of benzene rings is 1. The van der Waals surface area contributed by atoms with E-state index in [9.17, 15) is 9.18 Å². The van der Waals surface area contributed by atoms with Gasteiger partial charge in [-0.15, -0.1) is 0 Å². The molecule has 104 valence electrons. The van der Waals surface area contributed by atoms with E-state index < -0.39 is 5.82 Å². The van der Waals surface area contributed by atoms with Gasteiger partial charge in [0.2, 0.25) is 5.91 Å². The third kappa shape index (κ3) is 2.96. The topological polar surface area (TPSA) is 59.6 Å². The maximum atomic E-state index is 13.6. The van der Waals surface area contributed by atoms with E-state index in [4.69, 9.17) is 9.47 Å². The molecule has 6 heteroatoms. The number of amides is 1. The molecular formula is C13H17FN2O3. The van der Waals surface area contributed by atoms with Gasteiger partial charge < -0.3 is 20.1 Å². The van der Waals surface area contributed by atoms with Gasteiger partial charge >= 0.3 is 0 Å². The van der Waals surface area contributed by atoms with Crippen LogP contribution in [0.1, 0.15) is 12.8 Å². The second-order valence-electron chi connectivity index (χ2n) is 4.33. The molecule has 19 heavy (non-hydrogen) atoms. The van der Waals surface area contributed by atoms with Crippen LogP contribution in [-0.2, 0) is 4.79 Å². The highest BCUT2D eigenvalue weighted by Crippen LogP contribution is 2.32. The maximum Gasteiger partial charge on any atom is 0.241 e. The van der Waals surface area contributed by atoms with Gasteiger partial charge in [-0.25, -0.2) is 4.39 Å². The highest BCUT2D eigenvalue weighted by Gasteiger charge is 2.23. The lowest BCUT2D eigenvalue weighted by atomic mass is 10.2. The van der Waals surface area contributed by atoms with Crippen molar-refractivity contribution in [3.63, 3.8) is 0 Å². The number of rotatable bonds is 4. The van der Waals surface area contributed by atoms with E-state index in [-0.39, 0.29) is 17.7 Å². The van der Waals surface area contributed by atoms with Crippen molar-refractivity contribution in [1.29, 1.82) is 0 Å². The van der Waals surface area contributed by atoms with Crippen molar-refractivity contribution in [2.24, 2.45) is 0 Å². The predicted molar refractivity (Wildman–Crippen MR) is 69.2 cm³/mol. The van der Waals surface area contributed by atoms with Gasteiger partial charge in [-0.2, -0.15) is 0 Å². The number of halogens is 1. The molecule has 1 saturated heterocycles. The molecule has 1 aromatic carbocycles. The summed E-state index contributed by atoms with van der Waals surface area (Å²) in [6, 6.07) is 2.38. The Labute approximate surface area is 111 Å². The Hall–Kier alpha value is -1.82. The van der Waals surface area contributed by atoms with E-state index in [2.05, 4.69) is 10.6 Å². The van der Waals surface area contributed by atoms with Crippen LogP contribution in [0.25, 0.3) is 0 Å². The minimum Gasteiger partial charge on any atom is -0.494 e. The third-order valence-electron chi connectivity index (χ3n) is 3.11. The molecule has 0 spiro atoms. The Bertz CT molecular complexity index is 473. The summed E-state index contributed by atoms with van der Waals surface area (Å²) in [4.78, 5) is 12.0. The number of nitrogens with one attached hydrogen (secondary N) is 2. The molecule has 0 aromatic heterocycles. The van der Waals surface area contributed by atoms with Crippen LogP contribution < -0.4 is 20.1 Å². The molecular weight excluding hydrogens is 251 g/mol. The highest BCUT2D eigenvalue weighted by molar-refractivity contribution is 5.96. The SMILES string of the molecule is COc1cc(OC)c(NC(=O)C2CCCN2)cc1F. The Morgan fingerprint density at radius 2 is 2.11 bits per heavy atom. The van der Waals surface area contributed by atoms with Crippen molar-refractivity contribution < 1.29 is 18.7 Å². The first-order chi connectivity index (χ1) is 9.15. The summed E-state index contributed by atoms with van der Waals surface area (Å²) in [6.45, 7) is 0.826. The number of anilines is 1. The van der Waals surface area contributed by atoms with Gasteiger partial charge in [0, 0.05) is 12.1 Å². The molecule has 2 N–H and O–H groups in total. The smallest absolute Gasteiger partial charge is 0.241 e. The standard InChI is InChI=1S/C13H17FN2O3/c1-18-11-7-12(19-2)10(6-8(11)14)16-13(17)9-4-3-5-15-9/h6-7,9,15H,3-5H2,1-2H3,(H,16,17). The Morgan fingerprint density at radius 3 is 2.68 bits per heavy atom. The quantitative estimate of drug-likeness (QED) is 0.869. The number of ether oxygens (including phenoxy) is 2. The van der Waals surface area contributed by atoms with Crippen LogP contribution in [-0.4, -0.2) is 32.7 Å². The van der Waals surface area contributed by atoms with Crippen molar-refractivity contribution in [3.8, 4) is 11.5 Å². The average Bonchev–Trinajstić information content (AvgIpc) is 2.93. The summed E-state index contributed by atoms with van der Waals surface area (Å²) in [5.74, 6) is -0.281.